The number of ether oxygens (including phenoxy) is 1. The number of phenols is 2. The van der Waals surface area contributed by atoms with Crippen LogP contribution in [0.25, 0.3) is 11.1 Å². The van der Waals surface area contributed by atoms with Crippen molar-refractivity contribution in [3.63, 3.8) is 0 Å². The Bertz CT molecular complexity index is 2080. The van der Waals surface area contributed by atoms with Gasteiger partial charge in [0.25, 0.3) is 0 Å². The van der Waals surface area contributed by atoms with Crippen LogP contribution in [0, 0.1) is 0 Å². The Balaban J connectivity index is 1.69. The quantitative estimate of drug-likeness (QED) is 0.124. The number of benzene rings is 6. The average Bonchev–Trinajstić information content (AvgIpc) is 3.69. The molecule has 0 heterocycles. The number of hydrogen-bond acceptors (Lipinski definition) is 5. The maximum absolute atomic E-state index is 11.4. The van der Waals surface area contributed by atoms with Crippen LogP contribution in [0.4, 0.5) is 0 Å². The monoisotopic (exact) mass is 694 g/mol. The lowest BCUT2D eigenvalue weighted by atomic mass is 9.66. The molecule has 5 nitrogen and oxygen atoms in total. The second kappa shape index (κ2) is 13.0. The van der Waals surface area contributed by atoms with Crippen LogP contribution in [0.15, 0.2) is 146 Å². The highest BCUT2D eigenvalue weighted by atomic mass is 31.1. The van der Waals surface area contributed by atoms with E-state index < -0.39 is 25.7 Å². The van der Waals surface area contributed by atoms with Crippen molar-refractivity contribution in [3.05, 3.63) is 185 Å². The zero-order valence-electron chi connectivity index (χ0n) is 29.5. The Kier molecular flexibility index (Phi) is 8.80. The van der Waals surface area contributed by atoms with Crippen LogP contribution in [0.3, 0.4) is 0 Å². The van der Waals surface area contributed by atoms with Crippen molar-refractivity contribution < 1.29 is 24.4 Å². The van der Waals surface area contributed by atoms with Crippen molar-refractivity contribution in [1.82, 2.24) is 0 Å². The summed E-state index contributed by atoms with van der Waals surface area (Å²) in [5, 5.41) is 22.5. The fourth-order valence-electron chi connectivity index (χ4n) is 7.77. The molecule has 0 aliphatic heterocycles. The summed E-state index contributed by atoms with van der Waals surface area (Å²) < 4.78 is 14.9. The van der Waals surface area contributed by atoms with Gasteiger partial charge < -0.3 is 24.4 Å². The molecule has 3 N–H and O–H groups in total. The fraction of sp³-hybridized carbons (Fsp3) is 0.200. The van der Waals surface area contributed by atoms with E-state index in [0.29, 0.717) is 11.3 Å². The van der Waals surface area contributed by atoms with E-state index >= 15 is 0 Å². The molecule has 6 aromatic rings. The lowest BCUT2D eigenvalue weighted by Gasteiger charge is -2.51. The average molecular weight is 695 g/mol. The SMILES string of the molecule is CC(C)(C)c1cc(O)cc(-c2cc(O)cc3c2C3(C)C)c1OC(c1ccccc1)(c1ccccc1)C(OPO)(c1ccccc1)c1ccccc1. The maximum atomic E-state index is 11.4. The number of rotatable bonds is 10. The van der Waals surface area contributed by atoms with Crippen LogP contribution in [0.1, 0.15) is 73.6 Å². The molecule has 0 spiro atoms. The van der Waals surface area contributed by atoms with Crippen molar-refractivity contribution in [2.24, 2.45) is 0 Å². The van der Waals surface area contributed by atoms with Gasteiger partial charge in [-0.15, -0.1) is 0 Å². The Labute approximate surface area is 302 Å². The number of hydrogen-bond donors (Lipinski definition) is 3. The van der Waals surface area contributed by atoms with E-state index in [-0.39, 0.29) is 16.9 Å². The van der Waals surface area contributed by atoms with E-state index in [9.17, 15) is 15.1 Å². The van der Waals surface area contributed by atoms with E-state index in [2.05, 4.69) is 34.6 Å². The fourth-order valence-corrected chi connectivity index (χ4v) is 8.29. The molecule has 51 heavy (non-hydrogen) atoms. The normalized spacial score (nSPS) is 14.0. The lowest BCUT2D eigenvalue weighted by molar-refractivity contribution is -0.0741. The van der Waals surface area contributed by atoms with Gasteiger partial charge in [-0.25, -0.2) is 0 Å². The molecule has 0 aromatic heterocycles. The largest absolute Gasteiger partial charge is 0.508 e. The van der Waals surface area contributed by atoms with Crippen LogP contribution in [-0.4, -0.2) is 15.1 Å². The van der Waals surface area contributed by atoms with Gasteiger partial charge in [0.05, 0.1) is 0 Å². The van der Waals surface area contributed by atoms with Gasteiger partial charge in [-0.05, 0) is 57.5 Å². The van der Waals surface area contributed by atoms with Crippen LogP contribution in [-0.2, 0) is 26.6 Å². The topological polar surface area (TPSA) is 79.2 Å². The molecule has 0 fully saturated rings. The smallest absolute Gasteiger partial charge is 0.197 e. The molecule has 6 heteroatoms. The summed E-state index contributed by atoms with van der Waals surface area (Å²) in [5.41, 5.74) is 3.72. The van der Waals surface area contributed by atoms with Crippen molar-refractivity contribution >= 4 is 9.03 Å². The van der Waals surface area contributed by atoms with Crippen molar-refractivity contribution in [1.29, 1.82) is 0 Å². The minimum absolute atomic E-state index is 0.0910. The summed E-state index contributed by atoms with van der Waals surface area (Å²) in [6.45, 7) is 10.6. The third-order valence-corrected chi connectivity index (χ3v) is 10.6. The minimum atomic E-state index is -1.50. The standard InChI is InChI=1S/C45H43O5P/c1-42(2,3)39-29-35(47)27-37(36-26-34(46)28-38-40(36)43(38,4)5)41(39)49-44(30-18-10-6-11-19-30,31-20-12-7-13-21-31)45(50-51-48,32-22-14-8-15-23-32)33-24-16-9-17-25-33/h6-29,46-48,51H,1-5H3. The molecular weight excluding hydrogens is 651 g/mol. The summed E-state index contributed by atoms with van der Waals surface area (Å²) in [6.07, 6.45) is 0. The van der Waals surface area contributed by atoms with Crippen molar-refractivity contribution in [3.8, 4) is 28.4 Å². The Morgan fingerprint density at radius 1 is 0.549 bits per heavy atom. The van der Waals surface area contributed by atoms with Crippen molar-refractivity contribution in [2.45, 2.75) is 56.7 Å². The van der Waals surface area contributed by atoms with Gasteiger partial charge in [0.2, 0.25) is 0 Å². The second-order valence-electron chi connectivity index (χ2n) is 14.8. The molecule has 0 bridgehead atoms. The molecular formula is C45H43O5P. The summed E-state index contributed by atoms with van der Waals surface area (Å²) in [7, 11) is -0.917. The molecule has 0 amide bonds. The summed E-state index contributed by atoms with van der Waals surface area (Å²) in [6, 6.07) is 46.9. The van der Waals surface area contributed by atoms with Crippen LogP contribution >= 0.6 is 9.03 Å². The molecule has 0 saturated carbocycles. The van der Waals surface area contributed by atoms with Gasteiger partial charge in [0.1, 0.15) is 17.2 Å². The van der Waals surface area contributed by atoms with Gasteiger partial charge in [-0.3, -0.25) is 0 Å². The predicted molar refractivity (Wildman–Crippen MR) is 206 cm³/mol. The van der Waals surface area contributed by atoms with Crippen LogP contribution in [0.2, 0.25) is 0 Å². The first-order valence-corrected chi connectivity index (χ1v) is 18.0. The van der Waals surface area contributed by atoms with E-state index in [4.69, 9.17) is 9.26 Å². The number of fused-ring (bicyclic) bond motifs is 1. The maximum Gasteiger partial charge on any atom is 0.197 e. The molecule has 6 aromatic carbocycles. The van der Waals surface area contributed by atoms with Gasteiger partial charge in [-0.2, -0.15) is 0 Å². The molecule has 7 rings (SSSR count). The summed E-state index contributed by atoms with van der Waals surface area (Å²) in [5.74, 6) is 0.768. The first-order chi connectivity index (χ1) is 24.4. The van der Waals surface area contributed by atoms with Crippen LogP contribution in [0.5, 0.6) is 17.2 Å². The summed E-state index contributed by atoms with van der Waals surface area (Å²) in [4.78, 5) is 11.0. The van der Waals surface area contributed by atoms with E-state index in [1.165, 1.54) is 0 Å². The zero-order valence-corrected chi connectivity index (χ0v) is 30.5. The second-order valence-corrected chi connectivity index (χ2v) is 15.2. The third kappa shape index (κ3) is 5.70. The number of phenolic OH excluding ortho intramolecular Hbond substituents is 2. The highest BCUT2D eigenvalue weighted by Crippen LogP contribution is 2.61. The first-order valence-electron chi connectivity index (χ1n) is 17.2. The molecule has 1 aliphatic rings. The highest BCUT2D eigenvalue weighted by molar-refractivity contribution is 7.25. The molecule has 1 atom stereocenters. The molecule has 258 valence electrons. The Hall–Kier alpha value is -4.93. The molecule has 0 radical (unpaired) electrons. The highest BCUT2D eigenvalue weighted by Gasteiger charge is 2.60. The molecule has 0 saturated heterocycles. The van der Waals surface area contributed by atoms with Gasteiger partial charge >= 0.3 is 0 Å². The van der Waals surface area contributed by atoms with Gasteiger partial charge in [-0.1, -0.05) is 156 Å². The van der Waals surface area contributed by atoms with E-state index in [1.807, 2.05) is 127 Å². The lowest BCUT2D eigenvalue weighted by Crippen LogP contribution is -2.55. The Morgan fingerprint density at radius 2 is 0.961 bits per heavy atom. The molecule has 1 aliphatic carbocycles. The molecule has 1 unspecified atom stereocenters. The predicted octanol–water partition coefficient (Wildman–Crippen LogP) is 10.5. The zero-order chi connectivity index (χ0) is 36.0. The first kappa shape index (κ1) is 34.5. The van der Waals surface area contributed by atoms with Gasteiger partial charge in [0, 0.05) is 27.7 Å². The van der Waals surface area contributed by atoms with E-state index in [1.54, 1.807) is 18.2 Å². The third-order valence-electron chi connectivity index (χ3n) is 10.2. The minimum Gasteiger partial charge on any atom is -0.508 e. The Morgan fingerprint density at radius 3 is 1.39 bits per heavy atom. The van der Waals surface area contributed by atoms with Crippen LogP contribution < -0.4 is 4.74 Å². The van der Waals surface area contributed by atoms with Gasteiger partial charge in [0.15, 0.2) is 20.2 Å². The van der Waals surface area contributed by atoms with Crippen molar-refractivity contribution in [2.75, 3.05) is 0 Å². The van der Waals surface area contributed by atoms with E-state index in [0.717, 1.165) is 44.5 Å². The number of aromatic hydroxyl groups is 2. The summed E-state index contributed by atoms with van der Waals surface area (Å²) >= 11 is 0.